The van der Waals surface area contributed by atoms with Crippen LogP contribution >= 0.6 is 0 Å². The molecule has 0 saturated heterocycles. The predicted octanol–water partition coefficient (Wildman–Crippen LogP) is 4.40. The number of pyridine rings is 1. The summed E-state index contributed by atoms with van der Waals surface area (Å²) >= 11 is 0. The van der Waals surface area contributed by atoms with E-state index in [1.54, 1.807) is 0 Å². The lowest BCUT2D eigenvalue weighted by molar-refractivity contribution is -0.148. The van der Waals surface area contributed by atoms with Gasteiger partial charge in [-0.15, -0.1) is 6.58 Å². The molecule has 0 aliphatic heterocycles. The lowest BCUT2D eigenvalue weighted by atomic mass is 10.1. The third-order valence-corrected chi connectivity index (χ3v) is 2.74. The highest BCUT2D eigenvalue weighted by Crippen LogP contribution is 2.28. The molecular formula is C15H21F2NO2. The van der Waals surface area contributed by atoms with Crippen LogP contribution < -0.4 is 0 Å². The number of ether oxygens (including phenoxy) is 1. The zero-order valence-electron chi connectivity index (χ0n) is 11.7. The largest absolute Gasteiger partial charge is 0.457 e. The zero-order chi connectivity index (χ0) is 15.2. The van der Waals surface area contributed by atoms with Gasteiger partial charge in [-0.05, 0) is 12.5 Å². The van der Waals surface area contributed by atoms with Crippen molar-refractivity contribution in [1.82, 2.24) is 4.98 Å². The number of aromatic nitrogens is 1. The molecule has 1 heterocycles. The van der Waals surface area contributed by atoms with E-state index >= 15 is 0 Å². The third kappa shape index (κ3) is 4.72. The molecule has 0 radical (unpaired) electrons. The molecule has 112 valence electrons. The van der Waals surface area contributed by atoms with Crippen molar-refractivity contribution in [2.45, 2.75) is 45.1 Å². The highest BCUT2D eigenvalue weighted by molar-refractivity contribution is 5.71. The van der Waals surface area contributed by atoms with E-state index in [2.05, 4.69) is 11.6 Å². The Bertz CT molecular complexity index is 458. The average Bonchev–Trinajstić information content (AvgIpc) is 2.38. The first-order valence-electron chi connectivity index (χ1n) is 6.53. The second-order valence-corrected chi connectivity index (χ2v) is 4.63. The first kappa shape index (κ1) is 16.3. The molecule has 0 fully saturated rings. The standard InChI is InChI=1S/C15H19F2NO2.H2/c1-4-6-12(20-14(19)7-5-2)11-8-9-13(18-10-11)15(3,16)17;/h5,8-10,12H,2,4,6-7H2,1,3H3;1H. The highest BCUT2D eigenvalue weighted by atomic mass is 19.3. The molecule has 1 aromatic rings. The summed E-state index contributed by atoms with van der Waals surface area (Å²) < 4.78 is 31.5. The first-order valence-corrected chi connectivity index (χ1v) is 6.53. The number of carbonyl (C=O) groups excluding carboxylic acids is 1. The Hall–Kier alpha value is -1.78. The summed E-state index contributed by atoms with van der Waals surface area (Å²) in [6.07, 6.45) is 3.89. The summed E-state index contributed by atoms with van der Waals surface area (Å²) in [6, 6.07) is 2.79. The smallest absolute Gasteiger partial charge is 0.310 e. The number of alkyl halides is 2. The second kappa shape index (κ2) is 7.12. The maximum absolute atomic E-state index is 13.1. The molecular weight excluding hydrogens is 264 g/mol. The molecule has 1 aromatic heterocycles. The summed E-state index contributed by atoms with van der Waals surface area (Å²) in [4.78, 5) is 15.2. The molecule has 0 aliphatic rings. The number of rotatable bonds is 7. The number of esters is 1. The van der Waals surface area contributed by atoms with Gasteiger partial charge >= 0.3 is 5.97 Å². The van der Waals surface area contributed by atoms with Crippen molar-refractivity contribution < 1.29 is 19.7 Å². The van der Waals surface area contributed by atoms with Crippen LogP contribution in [0.15, 0.2) is 31.0 Å². The lowest BCUT2D eigenvalue weighted by Crippen LogP contribution is -2.13. The van der Waals surface area contributed by atoms with E-state index in [-0.39, 0.29) is 19.5 Å². The quantitative estimate of drug-likeness (QED) is 0.550. The molecule has 0 spiro atoms. The molecule has 1 unspecified atom stereocenters. The number of hydrogen-bond donors (Lipinski definition) is 0. The van der Waals surface area contributed by atoms with E-state index in [0.29, 0.717) is 12.0 Å². The minimum Gasteiger partial charge on any atom is -0.457 e. The van der Waals surface area contributed by atoms with Crippen molar-refractivity contribution in [3.05, 3.63) is 42.2 Å². The summed E-state index contributed by atoms with van der Waals surface area (Å²) in [7, 11) is 0. The molecule has 0 saturated carbocycles. The summed E-state index contributed by atoms with van der Waals surface area (Å²) in [5.74, 6) is -3.36. The van der Waals surface area contributed by atoms with Gasteiger partial charge in [0.25, 0.3) is 5.92 Å². The summed E-state index contributed by atoms with van der Waals surface area (Å²) in [5, 5.41) is 0. The first-order chi connectivity index (χ1) is 9.38. The van der Waals surface area contributed by atoms with Crippen LogP contribution in [-0.2, 0) is 15.5 Å². The van der Waals surface area contributed by atoms with Crippen LogP contribution in [0.25, 0.3) is 0 Å². The van der Waals surface area contributed by atoms with Gasteiger partial charge in [-0.1, -0.05) is 25.5 Å². The van der Waals surface area contributed by atoms with E-state index in [0.717, 1.165) is 13.3 Å². The number of hydrogen-bond acceptors (Lipinski definition) is 3. The Kier molecular flexibility index (Phi) is 5.80. The Balaban J connectivity index is 0.00000400. The fourth-order valence-corrected chi connectivity index (χ4v) is 1.74. The molecule has 0 aromatic carbocycles. The number of nitrogens with zero attached hydrogens (tertiary/aromatic N) is 1. The Morgan fingerprint density at radius 1 is 1.60 bits per heavy atom. The monoisotopic (exact) mass is 285 g/mol. The van der Waals surface area contributed by atoms with Gasteiger partial charge in [0.2, 0.25) is 0 Å². The molecule has 1 rings (SSSR count). The summed E-state index contributed by atoms with van der Waals surface area (Å²) in [5.41, 5.74) is 0.325. The molecule has 3 nitrogen and oxygen atoms in total. The SMILES string of the molecule is C=CCC(=O)OC(CCC)c1ccc(C(C)(F)F)nc1.[HH]. The van der Waals surface area contributed by atoms with Gasteiger partial charge in [-0.2, -0.15) is 8.78 Å². The van der Waals surface area contributed by atoms with Gasteiger partial charge in [0.1, 0.15) is 11.8 Å². The topological polar surface area (TPSA) is 39.2 Å². The molecule has 5 heteroatoms. The van der Waals surface area contributed by atoms with Crippen molar-refractivity contribution in [3.8, 4) is 0 Å². The van der Waals surface area contributed by atoms with Gasteiger partial charge in [0.15, 0.2) is 0 Å². The minimum atomic E-state index is -2.97. The van der Waals surface area contributed by atoms with Crippen LogP contribution in [0.3, 0.4) is 0 Å². The number of carbonyl (C=O) groups is 1. The molecule has 0 amide bonds. The lowest BCUT2D eigenvalue weighted by Gasteiger charge is -2.18. The van der Waals surface area contributed by atoms with Crippen LogP contribution in [-0.4, -0.2) is 11.0 Å². The average molecular weight is 285 g/mol. The number of halogens is 2. The van der Waals surface area contributed by atoms with Gasteiger partial charge in [-0.3, -0.25) is 9.78 Å². The fraction of sp³-hybridized carbons (Fsp3) is 0.467. The van der Waals surface area contributed by atoms with Crippen molar-refractivity contribution in [3.63, 3.8) is 0 Å². The van der Waals surface area contributed by atoms with E-state index in [4.69, 9.17) is 4.74 Å². The van der Waals surface area contributed by atoms with E-state index in [1.807, 2.05) is 6.92 Å². The molecule has 1 atom stereocenters. The molecule has 0 N–H and O–H groups in total. The van der Waals surface area contributed by atoms with Crippen LogP contribution in [0, 0.1) is 0 Å². The highest BCUT2D eigenvalue weighted by Gasteiger charge is 2.26. The normalized spacial score (nSPS) is 12.8. The van der Waals surface area contributed by atoms with Crippen LogP contribution in [0.4, 0.5) is 8.78 Å². The maximum atomic E-state index is 13.1. The molecule has 0 aliphatic carbocycles. The second-order valence-electron chi connectivity index (χ2n) is 4.63. The van der Waals surface area contributed by atoms with Crippen LogP contribution in [0.5, 0.6) is 0 Å². The minimum absolute atomic E-state index is 0. The maximum Gasteiger partial charge on any atom is 0.310 e. The van der Waals surface area contributed by atoms with Crippen molar-refractivity contribution >= 4 is 5.97 Å². The predicted molar refractivity (Wildman–Crippen MR) is 74.5 cm³/mol. The van der Waals surface area contributed by atoms with Gasteiger partial charge in [-0.25, -0.2) is 0 Å². The van der Waals surface area contributed by atoms with E-state index in [1.165, 1.54) is 24.4 Å². The Morgan fingerprint density at radius 2 is 2.30 bits per heavy atom. The van der Waals surface area contributed by atoms with Crippen molar-refractivity contribution in [1.29, 1.82) is 0 Å². The van der Waals surface area contributed by atoms with Gasteiger partial charge < -0.3 is 4.74 Å². The zero-order valence-corrected chi connectivity index (χ0v) is 11.7. The van der Waals surface area contributed by atoms with E-state index in [9.17, 15) is 13.6 Å². The van der Waals surface area contributed by atoms with Gasteiger partial charge in [0.05, 0.1) is 6.42 Å². The molecule has 20 heavy (non-hydrogen) atoms. The Morgan fingerprint density at radius 3 is 2.75 bits per heavy atom. The van der Waals surface area contributed by atoms with E-state index < -0.39 is 12.0 Å². The summed E-state index contributed by atoms with van der Waals surface area (Å²) in [6.45, 7) is 6.22. The van der Waals surface area contributed by atoms with Crippen molar-refractivity contribution in [2.24, 2.45) is 0 Å². The van der Waals surface area contributed by atoms with Crippen molar-refractivity contribution in [2.75, 3.05) is 0 Å². The third-order valence-electron chi connectivity index (χ3n) is 2.74. The molecule has 0 bridgehead atoms. The fourth-order valence-electron chi connectivity index (χ4n) is 1.74. The van der Waals surface area contributed by atoms with Gasteiger partial charge in [0, 0.05) is 20.1 Å². The Labute approximate surface area is 119 Å². The van der Waals surface area contributed by atoms with Crippen LogP contribution in [0.2, 0.25) is 0 Å². The van der Waals surface area contributed by atoms with Crippen LogP contribution in [0.1, 0.15) is 51.9 Å².